The van der Waals surface area contributed by atoms with Gasteiger partial charge in [0.25, 0.3) is 17.7 Å². The molecule has 0 saturated carbocycles. The number of imidazole rings is 3. The van der Waals surface area contributed by atoms with Crippen molar-refractivity contribution < 1.29 is 101 Å². The molecule has 6 aliphatic rings. The van der Waals surface area contributed by atoms with Crippen molar-refractivity contribution >= 4 is 111 Å². The van der Waals surface area contributed by atoms with Crippen molar-refractivity contribution in [2.24, 2.45) is 0 Å². The monoisotopic (exact) mass is 1520 g/mol. The van der Waals surface area contributed by atoms with Gasteiger partial charge < -0.3 is 89.9 Å². The number of hydrogen-bond donors (Lipinski definition) is 12. The van der Waals surface area contributed by atoms with Gasteiger partial charge in [0.2, 0.25) is 0 Å². The largest absolute Gasteiger partial charge is 0.480 e. The Labute approximate surface area is 620 Å². The van der Waals surface area contributed by atoms with Gasteiger partial charge in [0, 0.05) is 30.8 Å². The summed E-state index contributed by atoms with van der Waals surface area (Å²) in [6, 6.07) is 26.6. The van der Waals surface area contributed by atoms with Crippen LogP contribution < -0.4 is 47.9 Å². The van der Waals surface area contributed by atoms with Gasteiger partial charge in [-0.2, -0.15) is 0 Å². The number of aliphatic carboxylic acids is 3. The Balaban J connectivity index is 0.000000145. The van der Waals surface area contributed by atoms with Gasteiger partial charge in [-0.05, 0) is 32.4 Å². The van der Waals surface area contributed by atoms with Crippen molar-refractivity contribution in [3.05, 3.63) is 152 Å². The Hall–Kier alpha value is -12.7. The summed E-state index contributed by atoms with van der Waals surface area (Å²) in [5, 5.41) is 49.6. The first-order valence-electron chi connectivity index (χ1n) is 34.2. The number of nitrogens with one attached hydrogen (secondary N) is 9. The lowest BCUT2D eigenvalue weighted by Gasteiger charge is -2.21. The second kappa shape index (κ2) is 34.0. The zero-order valence-corrected chi connectivity index (χ0v) is 58.2. The minimum absolute atomic E-state index is 0.192. The predicted molar refractivity (Wildman–Crippen MR) is 375 cm³/mol. The van der Waals surface area contributed by atoms with Gasteiger partial charge in [-0.3, -0.25) is 58.4 Å². The highest BCUT2D eigenvalue weighted by molar-refractivity contribution is 5.98. The maximum atomic E-state index is 12.8. The average molecular weight is 1520 g/mol. The number of carbonyl (C=O) groups is 9. The molecule has 6 fully saturated rings. The van der Waals surface area contributed by atoms with Crippen LogP contribution in [0.3, 0.4) is 0 Å². The van der Waals surface area contributed by atoms with Crippen LogP contribution in [-0.4, -0.2) is 228 Å². The van der Waals surface area contributed by atoms with E-state index in [1.807, 2.05) is 97.1 Å². The molecule has 12 N–H and O–H groups in total. The molecule has 0 aliphatic carbocycles. The van der Waals surface area contributed by atoms with Crippen molar-refractivity contribution in [2.75, 3.05) is 55.2 Å². The molecular weight excluding hydrogens is 1450 g/mol. The van der Waals surface area contributed by atoms with Crippen LogP contribution in [-0.2, 0) is 71.4 Å². The summed E-state index contributed by atoms with van der Waals surface area (Å²) in [6.45, 7) is 4.93. The van der Waals surface area contributed by atoms with Gasteiger partial charge in [-0.25, -0.2) is 59.2 Å². The van der Waals surface area contributed by atoms with Crippen molar-refractivity contribution in [3.8, 4) is 0 Å². The summed E-state index contributed by atoms with van der Waals surface area (Å²) in [5.74, 6) is -4.94. The summed E-state index contributed by atoms with van der Waals surface area (Å²) in [5.41, 5.74) is 4.35. The number of nitrogens with zero attached hydrogens (tertiary/aromatic N) is 12. The number of fused-ring (bicyclic) bond motifs is 6. The lowest BCUT2D eigenvalue weighted by atomic mass is 10.1. The van der Waals surface area contributed by atoms with E-state index in [2.05, 4.69) is 92.7 Å². The molecule has 110 heavy (non-hydrogen) atoms. The number of benzene rings is 3. The second-order valence-electron chi connectivity index (χ2n) is 24.5. The zero-order valence-electron chi connectivity index (χ0n) is 58.2. The fraction of sp³-hybridized carbons (Fsp3) is 0.353. The minimum atomic E-state index is -1.19. The number of rotatable bonds is 22. The molecule has 15 atom stereocenters. The van der Waals surface area contributed by atoms with E-state index in [1.54, 1.807) is 40.5 Å². The molecule has 12 heterocycles. The smallest absolute Gasteiger partial charge is 0.322 e. The van der Waals surface area contributed by atoms with E-state index < -0.39 is 166 Å². The summed E-state index contributed by atoms with van der Waals surface area (Å²) < 4.78 is 59.4. The molecule has 42 nitrogen and oxygen atoms in total. The molecule has 9 amide bonds. The average Bonchev–Trinajstić information content (AvgIpc) is 1.60. The maximum absolute atomic E-state index is 12.8. The van der Waals surface area contributed by atoms with Gasteiger partial charge in [-0.15, -0.1) is 0 Å². The molecule has 9 aromatic rings. The van der Waals surface area contributed by atoms with Crippen molar-refractivity contribution in [3.63, 3.8) is 0 Å². The quantitative estimate of drug-likeness (QED) is 0.0461. The normalized spacial score (nSPS) is 24.7. The van der Waals surface area contributed by atoms with E-state index in [4.69, 9.17) is 58.0 Å². The molecule has 6 aliphatic heterocycles. The molecule has 6 saturated heterocycles. The van der Waals surface area contributed by atoms with Crippen LogP contribution in [0.5, 0.6) is 0 Å². The number of hydrogen-bond acceptors (Lipinski definition) is 27. The van der Waals surface area contributed by atoms with Gasteiger partial charge in [0.15, 0.2) is 107 Å². The van der Waals surface area contributed by atoms with Crippen LogP contribution >= 0.6 is 0 Å². The molecule has 574 valence electrons. The summed E-state index contributed by atoms with van der Waals surface area (Å²) in [7, 11) is 0. The number of anilines is 3. The van der Waals surface area contributed by atoms with E-state index in [0.29, 0.717) is 53.1 Å². The molecule has 15 rings (SSSR count). The van der Waals surface area contributed by atoms with Crippen molar-refractivity contribution in [1.82, 2.24) is 90.5 Å². The van der Waals surface area contributed by atoms with E-state index in [-0.39, 0.29) is 17.5 Å². The standard InChI is InChI=1S/C24H25N7O7.2C22H23N7O7/c1-2-25-24(35)30-20-16-21(28-11-27-20)31(12-29-16)23-19-17(18(38-23)22(34)26-10-14(32)33)36-15(37-19)9-8-13-6-4-3-5-7-13;2*1-2-23-22(33)28-17-13-18(26-9-25-17)29(10-27-13)20-16-14(15(34-20)19(32)24-8-12(30)31)35-21(36-16)11-6-4-3-5-7-11/h3-9,11-12,15,17-19,23H,2,10H2,1H3,(H,26,34)(H,32,33)(H2,25,27,28,30,35);2*3-7,9-10,14-16,20-21H,2,8H2,1H3,(H,24,32)(H,30,31)(H2,23,25,26,28,33)/b9-8+;;/t15-,17?,18?,19?,23?;2*14?,15?,16?,20?,21-/m010/s1. The number of urea groups is 3. The van der Waals surface area contributed by atoms with Gasteiger partial charge >= 0.3 is 36.0 Å². The predicted octanol–water partition coefficient (Wildman–Crippen LogP) is 1.99. The third-order valence-electron chi connectivity index (χ3n) is 17.3. The molecule has 3 aromatic carbocycles. The molecule has 0 radical (unpaired) electrons. The minimum Gasteiger partial charge on any atom is -0.480 e. The Morgan fingerprint density at radius 3 is 1.03 bits per heavy atom. The Morgan fingerprint density at radius 1 is 0.382 bits per heavy atom. The van der Waals surface area contributed by atoms with Crippen LogP contribution in [0.15, 0.2) is 135 Å². The maximum Gasteiger partial charge on any atom is 0.322 e. The van der Waals surface area contributed by atoms with Crippen LogP contribution in [0.25, 0.3) is 39.6 Å². The van der Waals surface area contributed by atoms with Crippen LogP contribution in [0.1, 0.15) is 68.7 Å². The van der Waals surface area contributed by atoms with E-state index in [1.165, 1.54) is 38.0 Å². The second-order valence-corrected chi connectivity index (χ2v) is 24.5. The van der Waals surface area contributed by atoms with Gasteiger partial charge in [0.1, 0.15) is 75.2 Å². The number of carboxylic acids is 3. The van der Waals surface area contributed by atoms with Crippen molar-refractivity contribution in [1.29, 1.82) is 0 Å². The van der Waals surface area contributed by atoms with Gasteiger partial charge in [0.05, 0.1) is 19.0 Å². The molecule has 12 unspecified atom stereocenters. The van der Waals surface area contributed by atoms with E-state index in [9.17, 15) is 43.2 Å². The number of ether oxygens (including phenoxy) is 9. The van der Waals surface area contributed by atoms with Gasteiger partial charge in [-0.1, -0.05) is 97.1 Å². The van der Waals surface area contributed by atoms with E-state index in [0.717, 1.165) is 16.7 Å². The van der Waals surface area contributed by atoms with Crippen LogP contribution in [0.4, 0.5) is 31.8 Å². The highest BCUT2D eigenvalue weighted by Crippen LogP contribution is 2.47. The lowest BCUT2D eigenvalue weighted by molar-refractivity contribution is -0.162. The summed E-state index contributed by atoms with van der Waals surface area (Å²) in [4.78, 5) is 146. The summed E-state index contributed by atoms with van der Waals surface area (Å²) >= 11 is 0. The Bertz CT molecular complexity index is 4690. The number of amides is 9. The number of carboxylic acid groups (broad SMARTS) is 3. The fourth-order valence-electron chi connectivity index (χ4n) is 12.6. The molecular formula is C68H71N21O21. The number of carbonyl (C=O) groups excluding carboxylic acids is 6. The highest BCUT2D eigenvalue weighted by atomic mass is 16.8. The molecule has 0 bridgehead atoms. The SMILES string of the molecule is CCNC(=O)Nc1ncnc2c1ncn2C1OC(C(=O)NCC(=O)O)C2O[C@@H](c3ccccc3)OC21.CCNC(=O)Nc1ncnc2c1ncn2C1OC(C(=O)NCC(=O)O)C2O[C@H](/C=C/c3ccccc3)OC21.CCNC(=O)Nc1ncnc2c1ncn2C1OC(C(=O)NCC(=O)O)C2O[C@H](c3ccccc3)OC21. The summed E-state index contributed by atoms with van der Waals surface area (Å²) in [6.07, 6.45) is -1.51. The first kappa shape index (κ1) is 75.6. The zero-order chi connectivity index (χ0) is 77.1. The van der Waals surface area contributed by atoms with Crippen LogP contribution in [0.2, 0.25) is 0 Å². The van der Waals surface area contributed by atoms with E-state index >= 15 is 0 Å². The number of aromatic nitrogens is 12. The molecule has 42 heteroatoms. The van der Waals surface area contributed by atoms with Crippen LogP contribution in [0, 0.1) is 0 Å². The first-order chi connectivity index (χ1) is 53.4. The fourth-order valence-corrected chi connectivity index (χ4v) is 12.6. The first-order valence-corrected chi connectivity index (χ1v) is 34.2. The molecule has 6 aromatic heterocycles. The molecule has 0 spiro atoms. The third kappa shape index (κ3) is 16.7. The Morgan fingerprint density at radius 2 is 0.691 bits per heavy atom. The topological polar surface area (TPSA) is 536 Å². The highest BCUT2D eigenvalue weighted by Gasteiger charge is 2.59. The Kier molecular flexibility index (Phi) is 23.4. The lowest BCUT2D eigenvalue weighted by Crippen LogP contribution is -2.43. The third-order valence-corrected chi connectivity index (χ3v) is 17.3. The van der Waals surface area contributed by atoms with Crippen molar-refractivity contribution in [2.45, 2.75) is 113 Å².